The smallest absolute Gasteiger partial charge is 0.321 e. The largest absolute Gasteiger partial charge is 0.465 e. The number of non-ortho nitro benzene ring substituents is 1. The standard InChI is InChI=1S/C11H13FN2O6S/c1-3-20-11(15)7-13(2)21(18,19)10-5-4-8(14(16)17)6-9(10)12/h4-6H,3,7H2,1-2H3. The van der Waals surface area contributed by atoms with Crippen LogP contribution in [0.5, 0.6) is 0 Å². The van der Waals surface area contributed by atoms with Crippen molar-refractivity contribution < 1.29 is 27.3 Å². The highest BCUT2D eigenvalue weighted by molar-refractivity contribution is 7.89. The van der Waals surface area contributed by atoms with Gasteiger partial charge in [-0.15, -0.1) is 0 Å². The Balaban J connectivity index is 3.07. The summed E-state index contributed by atoms with van der Waals surface area (Å²) in [5.41, 5.74) is -0.570. The number of carbonyl (C=O) groups is 1. The molecule has 0 bridgehead atoms. The molecule has 0 aliphatic carbocycles. The van der Waals surface area contributed by atoms with E-state index in [1.54, 1.807) is 6.92 Å². The van der Waals surface area contributed by atoms with E-state index in [0.717, 1.165) is 19.2 Å². The normalized spacial score (nSPS) is 11.4. The van der Waals surface area contributed by atoms with Gasteiger partial charge in [0.1, 0.15) is 17.3 Å². The van der Waals surface area contributed by atoms with Crippen LogP contribution in [0.25, 0.3) is 0 Å². The Labute approximate surface area is 120 Å². The second-order valence-electron chi connectivity index (χ2n) is 3.94. The summed E-state index contributed by atoms with van der Waals surface area (Å²) in [7, 11) is -3.21. The predicted molar refractivity (Wildman–Crippen MR) is 69.5 cm³/mol. The molecule has 10 heteroatoms. The molecule has 0 heterocycles. The van der Waals surface area contributed by atoms with Crippen LogP contribution < -0.4 is 0 Å². The van der Waals surface area contributed by atoms with Crippen LogP contribution in [0.15, 0.2) is 23.1 Å². The summed E-state index contributed by atoms with van der Waals surface area (Å²) in [4.78, 5) is 20.1. The number of benzene rings is 1. The zero-order chi connectivity index (χ0) is 16.2. The number of carbonyl (C=O) groups excluding carboxylic acids is 1. The van der Waals surface area contributed by atoms with Crippen LogP contribution >= 0.6 is 0 Å². The fourth-order valence-corrected chi connectivity index (χ4v) is 2.61. The number of nitro benzene ring substituents is 1. The summed E-state index contributed by atoms with van der Waals surface area (Å²) in [5, 5.41) is 10.5. The van der Waals surface area contributed by atoms with Crippen molar-refractivity contribution >= 4 is 21.7 Å². The molecule has 116 valence electrons. The van der Waals surface area contributed by atoms with Crippen molar-refractivity contribution in [2.45, 2.75) is 11.8 Å². The second-order valence-corrected chi connectivity index (χ2v) is 5.95. The third-order valence-corrected chi connectivity index (χ3v) is 4.31. The van der Waals surface area contributed by atoms with Gasteiger partial charge in [0.2, 0.25) is 10.0 Å². The van der Waals surface area contributed by atoms with Crippen molar-refractivity contribution in [2.75, 3.05) is 20.2 Å². The van der Waals surface area contributed by atoms with Crippen molar-refractivity contribution in [2.24, 2.45) is 0 Å². The van der Waals surface area contributed by atoms with Gasteiger partial charge in [-0.2, -0.15) is 4.31 Å². The van der Waals surface area contributed by atoms with Crippen molar-refractivity contribution in [1.82, 2.24) is 4.31 Å². The van der Waals surface area contributed by atoms with Crippen molar-refractivity contribution in [3.05, 3.63) is 34.1 Å². The number of ether oxygens (including phenoxy) is 1. The maximum atomic E-state index is 13.7. The number of rotatable bonds is 6. The molecule has 21 heavy (non-hydrogen) atoms. The topological polar surface area (TPSA) is 107 Å². The van der Waals surface area contributed by atoms with Crippen LogP contribution in [-0.2, 0) is 19.6 Å². The quantitative estimate of drug-likeness (QED) is 0.438. The lowest BCUT2D eigenvalue weighted by Crippen LogP contribution is -2.33. The average Bonchev–Trinajstić information content (AvgIpc) is 2.38. The number of halogens is 1. The molecule has 0 saturated carbocycles. The third-order valence-electron chi connectivity index (χ3n) is 2.47. The molecule has 0 saturated heterocycles. The molecule has 0 fully saturated rings. The predicted octanol–water partition coefficient (Wildman–Crippen LogP) is 0.918. The maximum absolute atomic E-state index is 13.7. The number of esters is 1. The first-order valence-corrected chi connectivity index (χ1v) is 7.20. The first-order chi connectivity index (χ1) is 9.70. The molecule has 0 spiro atoms. The first-order valence-electron chi connectivity index (χ1n) is 5.76. The summed E-state index contributed by atoms with van der Waals surface area (Å²) >= 11 is 0. The van der Waals surface area contributed by atoms with E-state index in [0.29, 0.717) is 10.4 Å². The highest BCUT2D eigenvalue weighted by Crippen LogP contribution is 2.22. The minimum Gasteiger partial charge on any atom is -0.465 e. The Kier molecular flexibility index (Phi) is 5.33. The van der Waals surface area contributed by atoms with Gasteiger partial charge in [-0.3, -0.25) is 14.9 Å². The maximum Gasteiger partial charge on any atom is 0.321 e. The van der Waals surface area contributed by atoms with Gasteiger partial charge in [0.05, 0.1) is 17.6 Å². The minimum absolute atomic E-state index is 0.0820. The molecule has 0 aromatic heterocycles. The van der Waals surface area contributed by atoms with Gasteiger partial charge >= 0.3 is 5.97 Å². The average molecular weight is 320 g/mol. The van der Waals surface area contributed by atoms with E-state index < -0.39 is 43.9 Å². The molecule has 0 atom stereocenters. The Morgan fingerprint density at radius 3 is 2.57 bits per heavy atom. The van der Waals surface area contributed by atoms with Gasteiger partial charge in [0.25, 0.3) is 5.69 Å². The molecule has 0 N–H and O–H groups in total. The Morgan fingerprint density at radius 1 is 1.48 bits per heavy atom. The van der Waals surface area contributed by atoms with Crippen molar-refractivity contribution in [3.63, 3.8) is 0 Å². The van der Waals surface area contributed by atoms with E-state index in [-0.39, 0.29) is 6.61 Å². The van der Waals surface area contributed by atoms with Gasteiger partial charge in [-0.05, 0) is 13.0 Å². The SMILES string of the molecule is CCOC(=O)CN(C)S(=O)(=O)c1ccc([N+](=O)[O-])cc1F. The van der Waals surface area contributed by atoms with Crippen molar-refractivity contribution in [3.8, 4) is 0 Å². The van der Waals surface area contributed by atoms with E-state index in [1.165, 1.54) is 0 Å². The molecule has 0 aliphatic heterocycles. The lowest BCUT2D eigenvalue weighted by molar-refractivity contribution is -0.385. The van der Waals surface area contributed by atoms with Gasteiger partial charge in [-0.1, -0.05) is 0 Å². The number of nitrogens with zero attached hydrogens (tertiary/aromatic N) is 2. The second kappa shape index (κ2) is 6.59. The fourth-order valence-electron chi connectivity index (χ4n) is 1.45. The molecule has 1 rings (SSSR count). The monoisotopic (exact) mass is 320 g/mol. The van der Waals surface area contributed by atoms with Crippen LogP contribution in [0.2, 0.25) is 0 Å². The van der Waals surface area contributed by atoms with Gasteiger partial charge in [0, 0.05) is 13.1 Å². The zero-order valence-corrected chi connectivity index (χ0v) is 12.1. The van der Waals surface area contributed by atoms with Crippen LogP contribution in [0.4, 0.5) is 10.1 Å². The number of nitro groups is 1. The summed E-state index contributed by atoms with van der Waals surface area (Å²) in [6, 6.07) is 2.16. The number of sulfonamides is 1. The summed E-state index contributed by atoms with van der Waals surface area (Å²) in [5.74, 6) is -2.05. The molecule has 1 aromatic rings. The highest BCUT2D eigenvalue weighted by Gasteiger charge is 2.27. The van der Waals surface area contributed by atoms with Crippen LogP contribution in [0.1, 0.15) is 6.92 Å². The fraction of sp³-hybridized carbons (Fsp3) is 0.364. The van der Waals surface area contributed by atoms with Crippen LogP contribution in [0, 0.1) is 15.9 Å². The van der Waals surface area contributed by atoms with E-state index in [1.807, 2.05) is 0 Å². The van der Waals surface area contributed by atoms with Crippen molar-refractivity contribution in [1.29, 1.82) is 0 Å². The minimum atomic E-state index is -4.29. The summed E-state index contributed by atoms with van der Waals surface area (Å²) in [6.07, 6.45) is 0. The van der Waals surface area contributed by atoms with Gasteiger partial charge < -0.3 is 4.74 Å². The van der Waals surface area contributed by atoms with E-state index >= 15 is 0 Å². The van der Waals surface area contributed by atoms with Gasteiger partial charge in [0.15, 0.2) is 0 Å². The number of likely N-dealkylation sites (N-methyl/N-ethyl adjacent to an activating group) is 1. The van der Waals surface area contributed by atoms with E-state index in [2.05, 4.69) is 4.74 Å². The molecular formula is C11H13FN2O6S. The van der Waals surface area contributed by atoms with Gasteiger partial charge in [-0.25, -0.2) is 12.8 Å². The molecular weight excluding hydrogens is 307 g/mol. The molecule has 0 aliphatic rings. The lowest BCUT2D eigenvalue weighted by Gasteiger charge is -2.16. The number of hydrogen-bond acceptors (Lipinski definition) is 6. The van der Waals surface area contributed by atoms with E-state index in [4.69, 9.17) is 0 Å². The van der Waals surface area contributed by atoms with Crippen LogP contribution in [0.3, 0.4) is 0 Å². The zero-order valence-electron chi connectivity index (χ0n) is 11.3. The molecule has 8 nitrogen and oxygen atoms in total. The Bertz CT molecular complexity index is 661. The number of hydrogen-bond donors (Lipinski definition) is 0. The molecule has 0 amide bonds. The van der Waals surface area contributed by atoms with E-state index in [9.17, 15) is 27.7 Å². The molecule has 0 unspecified atom stereocenters. The third kappa shape index (κ3) is 3.95. The Morgan fingerprint density at radius 2 is 2.10 bits per heavy atom. The molecule has 0 radical (unpaired) electrons. The van der Waals surface area contributed by atoms with Crippen LogP contribution in [-0.4, -0.2) is 43.8 Å². The first kappa shape index (κ1) is 17.0. The molecule has 1 aromatic carbocycles. The summed E-state index contributed by atoms with van der Waals surface area (Å²) < 4.78 is 43.1. The highest BCUT2D eigenvalue weighted by atomic mass is 32.2. The lowest BCUT2D eigenvalue weighted by atomic mass is 10.3. The Hall–Kier alpha value is -2.07. The summed E-state index contributed by atoms with van der Waals surface area (Å²) in [6.45, 7) is 1.05.